The first-order chi connectivity index (χ1) is 11.4. The van der Waals surface area contributed by atoms with Crippen molar-refractivity contribution in [1.82, 2.24) is 0 Å². The molecule has 0 unspecified atom stereocenters. The van der Waals surface area contributed by atoms with Gasteiger partial charge in [0.2, 0.25) is 0 Å². The van der Waals surface area contributed by atoms with Crippen LogP contribution < -0.4 is 4.74 Å². The molecule has 0 atom stereocenters. The Balaban J connectivity index is 1.92. The van der Waals surface area contributed by atoms with E-state index in [9.17, 15) is 0 Å². The van der Waals surface area contributed by atoms with Crippen LogP contribution >= 0.6 is 0 Å². The van der Waals surface area contributed by atoms with Crippen molar-refractivity contribution >= 4 is 10.8 Å². The summed E-state index contributed by atoms with van der Waals surface area (Å²) in [4.78, 5) is 0. The molecular formula is C22H23O. The van der Waals surface area contributed by atoms with Crippen LogP contribution in [-0.4, -0.2) is 0 Å². The zero-order chi connectivity index (χ0) is 15.9. The molecule has 1 nitrogen and oxygen atoms in total. The Morgan fingerprint density at radius 1 is 0.739 bits per heavy atom. The maximum absolute atomic E-state index is 6.16. The van der Waals surface area contributed by atoms with Crippen LogP contribution in [0.2, 0.25) is 0 Å². The van der Waals surface area contributed by atoms with E-state index in [1.165, 1.54) is 35.6 Å². The summed E-state index contributed by atoms with van der Waals surface area (Å²) in [6.07, 6.45) is 5.65. The largest absolute Gasteiger partial charge is 0.457 e. The lowest BCUT2D eigenvalue weighted by Crippen LogP contribution is -1.94. The quantitative estimate of drug-likeness (QED) is 0.448. The fourth-order valence-corrected chi connectivity index (χ4v) is 2.94. The minimum atomic E-state index is 0.891. The Morgan fingerprint density at radius 3 is 2.35 bits per heavy atom. The Hall–Kier alpha value is -2.28. The van der Waals surface area contributed by atoms with Crippen LogP contribution in [0.1, 0.15) is 31.2 Å². The first-order valence-electron chi connectivity index (χ1n) is 8.41. The van der Waals surface area contributed by atoms with E-state index in [1.54, 1.807) is 0 Å². The Kier molecular flexibility index (Phi) is 5.31. The number of benzene rings is 3. The molecule has 3 aromatic rings. The van der Waals surface area contributed by atoms with Gasteiger partial charge in [-0.1, -0.05) is 74.7 Å². The second-order valence-corrected chi connectivity index (χ2v) is 5.84. The Bertz CT molecular complexity index is 746. The van der Waals surface area contributed by atoms with E-state index >= 15 is 0 Å². The van der Waals surface area contributed by atoms with Gasteiger partial charge in [0, 0.05) is 5.56 Å². The van der Waals surface area contributed by atoms with Crippen LogP contribution in [0.3, 0.4) is 0 Å². The maximum Gasteiger partial charge on any atom is 0.131 e. The zero-order valence-corrected chi connectivity index (χ0v) is 13.5. The number of ether oxygens (including phenoxy) is 1. The molecule has 0 heterocycles. The van der Waals surface area contributed by atoms with Gasteiger partial charge in [-0.15, -0.1) is 0 Å². The number of aryl methyl sites for hydroxylation is 1. The molecular weight excluding hydrogens is 280 g/mol. The van der Waals surface area contributed by atoms with Gasteiger partial charge in [-0.3, -0.25) is 0 Å². The molecule has 0 amide bonds. The standard InChI is InChI=1S/C22H23O/c1-2-3-4-8-15-21-20-14-10-9-11-18(20)16-17-22(21)23-19-12-6-5-7-13-19/h5-7,9-14,16-17H,1-4,8,15H2. The highest BCUT2D eigenvalue weighted by Gasteiger charge is 2.09. The molecule has 0 bridgehead atoms. The van der Waals surface area contributed by atoms with Crippen LogP contribution in [0.5, 0.6) is 11.5 Å². The van der Waals surface area contributed by atoms with E-state index in [1.807, 2.05) is 30.3 Å². The molecule has 0 aliphatic carbocycles. The van der Waals surface area contributed by atoms with Gasteiger partial charge in [0.05, 0.1) is 0 Å². The average Bonchev–Trinajstić information content (AvgIpc) is 2.61. The van der Waals surface area contributed by atoms with Crippen LogP contribution in [0, 0.1) is 6.92 Å². The van der Waals surface area contributed by atoms with Crippen LogP contribution in [0.25, 0.3) is 10.8 Å². The van der Waals surface area contributed by atoms with Crippen LogP contribution in [-0.2, 0) is 6.42 Å². The van der Waals surface area contributed by atoms with E-state index in [-0.39, 0.29) is 0 Å². The molecule has 0 aliphatic rings. The van der Waals surface area contributed by atoms with Crippen molar-refractivity contribution in [3.05, 3.63) is 79.2 Å². The van der Waals surface area contributed by atoms with Gasteiger partial charge >= 0.3 is 0 Å². The lowest BCUT2D eigenvalue weighted by Gasteiger charge is -2.14. The van der Waals surface area contributed by atoms with E-state index in [0.717, 1.165) is 24.3 Å². The second kappa shape index (κ2) is 7.82. The molecule has 0 N–H and O–H groups in total. The summed E-state index contributed by atoms with van der Waals surface area (Å²) in [6, 6.07) is 22.8. The van der Waals surface area contributed by atoms with Crippen molar-refractivity contribution in [2.45, 2.75) is 32.1 Å². The van der Waals surface area contributed by atoms with Crippen molar-refractivity contribution in [2.24, 2.45) is 0 Å². The van der Waals surface area contributed by atoms with Crippen molar-refractivity contribution in [1.29, 1.82) is 0 Å². The highest BCUT2D eigenvalue weighted by atomic mass is 16.5. The molecule has 1 radical (unpaired) electrons. The summed E-state index contributed by atoms with van der Waals surface area (Å²) in [5.41, 5.74) is 1.32. The van der Waals surface area contributed by atoms with E-state index < -0.39 is 0 Å². The van der Waals surface area contributed by atoms with Gasteiger partial charge < -0.3 is 4.74 Å². The van der Waals surface area contributed by atoms with E-state index in [4.69, 9.17) is 4.74 Å². The fourth-order valence-electron chi connectivity index (χ4n) is 2.94. The summed E-state index contributed by atoms with van der Waals surface area (Å²) >= 11 is 0. The molecule has 0 spiro atoms. The number of hydrogen-bond acceptors (Lipinski definition) is 1. The predicted octanol–water partition coefficient (Wildman–Crippen LogP) is 6.57. The number of hydrogen-bond donors (Lipinski definition) is 0. The predicted molar refractivity (Wildman–Crippen MR) is 98.0 cm³/mol. The third-order valence-corrected chi connectivity index (χ3v) is 4.15. The summed E-state index contributed by atoms with van der Waals surface area (Å²) in [7, 11) is 0. The smallest absolute Gasteiger partial charge is 0.131 e. The molecule has 3 aromatic carbocycles. The molecule has 1 heteroatoms. The van der Waals surface area contributed by atoms with Crippen molar-refractivity contribution in [2.75, 3.05) is 0 Å². The average molecular weight is 303 g/mol. The second-order valence-electron chi connectivity index (χ2n) is 5.84. The molecule has 0 aliphatic heterocycles. The highest BCUT2D eigenvalue weighted by molar-refractivity contribution is 5.87. The SMILES string of the molecule is [CH2]CCCCCc1c(Oc2ccccc2)ccc2ccccc12. The first kappa shape index (κ1) is 15.6. The summed E-state index contributed by atoms with van der Waals surface area (Å²) in [5, 5.41) is 2.58. The lowest BCUT2D eigenvalue weighted by atomic mass is 9.98. The van der Waals surface area contributed by atoms with Crippen molar-refractivity contribution in [3.8, 4) is 11.5 Å². The molecule has 0 aromatic heterocycles. The Morgan fingerprint density at radius 2 is 1.52 bits per heavy atom. The monoisotopic (exact) mass is 303 g/mol. The maximum atomic E-state index is 6.16. The van der Waals surface area contributed by atoms with E-state index in [2.05, 4.69) is 43.3 Å². The third kappa shape index (κ3) is 3.92. The van der Waals surface area contributed by atoms with Gasteiger partial charge in [-0.05, 0) is 41.8 Å². The summed E-state index contributed by atoms with van der Waals surface area (Å²) in [5.74, 6) is 1.87. The topological polar surface area (TPSA) is 9.23 Å². The zero-order valence-electron chi connectivity index (χ0n) is 13.5. The molecule has 0 saturated carbocycles. The number of para-hydroxylation sites is 1. The van der Waals surface area contributed by atoms with Gasteiger partial charge in [0.15, 0.2) is 0 Å². The van der Waals surface area contributed by atoms with Crippen molar-refractivity contribution < 1.29 is 4.74 Å². The molecule has 0 fully saturated rings. The van der Waals surface area contributed by atoms with Gasteiger partial charge in [0.25, 0.3) is 0 Å². The minimum absolute atomic E-state index is 0.891. The number of unbranched alkanes of at least 4 members (excludes halogenated alkanes) is 3. The third-order valence-electron chi connectivity index (χ3n) is 4.15. The lowest BCUT2D eigenvalue weighted by molar-refractivity contribution is 0.475. The summed E-state index contributed by atoms with van der Waals surface area (Å²) in [6.45, 7) is 3.93. The Labute approximate surface area is 138 Å². The van der Waals surface area contributed by atoms with Gasteiger partial charge in [-0.2, -0.15) is 0 Å². The van der Waals surface area contributed by atoms with Gasteiger partial charge in [0.1, 0.15) is 11.5 Å². The number of rotatable bonds is 7. The summed E-state index contributed by atoms with van der Waals surface area (Å²) < 4.78 is 6.16. The molecule has 0 saturated heterocycles. The van der Waals surface area contributed by atoms with Crippen LogP contribution in [0.4, 0.5) is 0 Å². The van der Waals surface area contributed by atoms with Crippen molar-refractivity contribution in [3.63, 3.8) is 0 Å². The first-order valence-corrected chi connectivity index (χ1v) is 8.41. The van der Waals surface area contributed by atoms with Crippen LogP contribution in [0.15, 0.2) is 66.7 Å². The normalized spacial score (nSPS) is 10.8. The van der Waals surface area contributed by atoms with E-state index in [0.29, 0.717) is 0 Å². The minimum Gasteiger partial charge on any atom is -0.457 e. The molecule has 117 valence electrons. The van der Waals surface area contributed by atoms with Gasteiger partial charge in [-0.25, -0.2) is 0 Å². The molecule has 3 rings (SSSR count). The number of fused-ring (bicyclic) bond motifs is 1. The molecule has 23 heavy (non-hydrogen) atoms. The fraction of sp³-hybridized carbons (Fsp3) is 0.227. The highest BCUT2D eigenvalue weighted by Crippen LogP contribution is 2.32.